The van der Waals surface area contributed by atoms with Crippen molar-refractivity contribution >= 4 is 11.6 Å². The van der Waals surface area contributed by atoms with Gasteiger partial charge in [0.1, 0.15) is 5.75 Å². The van der Waals surface area contributed by atoms with Crippen molar-refractivity contribution in [3.05, 3.63) is 60.2 Å². The second-order valence-corrected chi connectivity index (χ2v) is 6.64. The fourth-order valence-corrected chi connectivity index (χ4v) is 2.26. The van der Waals surface area contributed by atoms with E-state index >= 15 is 0 Å². The van der Waals surface area contributed by atoms with Crippen LogP contribution in [0.1, 0.15) is 39.7 Å². The molecule has 122 valence electrons. The molecule has 2 aromatic carbocycles. The van der Waals surface area contributed by atoms with Gasteiger partial charge in [0.25, 0.3) is 5.91 Å². The third-order valence-corrected chi connectivity index (χ3v) is 3.70. The first kappa shape index (κ1) is 17.1. The van der Waals surface area contributed by atoms with E-state index in [1.54, 1.807) is 0 Å². The number of para-hydroxylation sites is 1. The lowest BCUT2D eigenvalue weighted by Gasteiger charge is -2.20. The molecule has 2 rings (SSSR count). The van der Waals surface area contributed by atoms with Gasteiger partial charge in [-0.3, -0.25) is 4.79 Å². The van der Waals surface area contributed by atoms with Crippen molar-refractivity contribution in [1.29, 1.82) is 0 Å². The van der Waals surface area contributed by atoms with Crippen molar-refractivity contribution < 1.29 is 9.53 Å². The number of anilines is 1. The quantitative estimate of drug-likeness (QED) is 0.863. The summed E-state index contributed by atoms with van der Waals surface area (Å²) in [7, 11) is 0. The third kappa shape index (κ3) is 4.85. The Morgan fingerprint density at radius 1 is 1.04 bits per heavy atom. The number of carbonyl (C=O) groups is 1. The van der Waals surface area contributed by atoms with E-state index in [9.17, 15) is 4.79 Å². The number of rotatable bonds is 5. The maximum Gasteiger partial charge on any atom is 0.265 e. The molecule has 23 heavy (non-hydrogen) atoms. The van der Waals surface area contributed by atoms with Gasteiger partial charge in [0.15, 0.2) is 6.10 Å². The number of amides is 1. The lowest BCUT2D eigenvalue weighted by molar-refractivity contribution is -0.122. The summed E-state index contributed by atoms with van der Waals surface area (Å²) in [5.74, 6) is 0.581. The Balaban J connectivity index is 2.02. The number of carbonyl (C=O) groups excluding carboxylic acids is 1. The van der Waals surface area contributed by atoms with E-state index in [-0.39, 0.29) is 11.3 Å². The molecule has 0 unspecified atom stereocenters. The number of nitrogens with one attached hydrogen (secondary N) is 1. The van der Waals surface area contributed by atoms with E-state index in [0.29, 0.717) is 12.2 Å². The Kier molecular flexibility index (Phi) is 5.43. The Labute approximate surface area is 138 Å². The maximum atomic E-state index is 12.4. The van der Waals surface area contributed by atoms with Gasteiger partial charge >= 0.3 is 0 Å². The van der Waals surface area contributed by atoms with E-state index in [1.807, 2.05) is 49.4 Å². The summed E-state index contributed by atoms with van der Waals surface area (Å²) < 4.78 is 5.76. The van der Waals surface area contributed by atoms with Gasteiger partial charge in [-0.05, 0) is 41.7 Å². The number of ether oxygens (including phenoxy) is 1. The minimum atomic E-state index is -0.500. The zero-order valence-corrected chi connectivity index (χ0v) is 14.3. The monoisotopic (exact) mass is 311 g/mol. The van der Waals surface area contributed by atoms with Gasteiger partial charge in [0, 0.05) is 5.69 Å². The van der Waals surface area contributed by atoms with E-state index in [1.165, 1.54) is 5.56 Å². The molecule has 0 bridgehead atoms. The van der Waals surface area contributed by atoms with Crippen molar-refractivity contribution in [3.8, 4) is 5.75 Å². The molecule has 0 spiro atoms. The Morgan fingerprint density at radius 3 is 2.17 bits per heavy atom. The molecular weight excluding hydrogens is 286 g/mol. The lowest BCUT2D eigenvalue weighted by Crippen LogP contribution is -2.32. The van der Waals surface area contributed by atoms with Crippen LogP contribution in [0.2, 0.25) is 0 Å². The van der Waals surface area contributed by atoms with Crippen molar-refractivity contribution in [2.24, 2.45) is 0 Å². The molecule has 0 saturated heterocycles. The largest absolute Gasteiger partial charge is 0.481 e. The van der Waals surface area contributed by atoms with Crippen LogP contribution >= 0.6 is 0 Å². The van der Waals surface area contributed by atoms with Gasteiger partial charge in [0.05, 0.1) is 0 Å². The molecular formula is C20H25NO2. The fourth-order valence-electron chi connectivity index (χ4n) is 2.26. The van der Waals surface area contributed by atoms with Gasteiger partial charge in [-0.25, -0.2) is 0 Å². The highest BCUT2D eigenvalue weighted by atomic mass is 16.5. The van der Waals surface area contributed by atoms with Crippen LogP contribution in [0.4, 0.5) is 5.69 Å². The molecule has 0 aliphatic rings. The molecule has 0 radical (unpaired) electrons. The average Bonchev–Trinajstić information content (AvgIpc) is 2.53. The van der Waals surface area contributed by atoms with Gasteiger partial charge in [-0.1, -0.05) is 58.0 Å². The number of hydrogen-bond donors (Lipinski definition) is 1. The molecule has 3 heteroatoms. The predicted molar refractivity (Wildman–Crippen MR) is 94.9 cm³/mol. The molecule has 3 nitrogen and oxygen atoms in total. The van der Waals surface area contributed by atoms with E-state index in [2.05, 4.69) is 38.2 Å². The van der Waals surface area contributed by atoms with Crippen LogP contribution in [-0.4, -0.2) is 12.0 Å². The SMILES string of the molecule is CC[C@@H](Oc1ccccc1)C(=O)Nc1ccc(C(C)(C)C)cc1. The molecule has 0 aliphatic heterocycles. The van der Waals surface area contributed by atoms with Crippen LogP contribution in [-0.2, 0) is 10.2 Å². The summed E-state index contributed by atoms with van der Waals surface area (Å²) in [5.41, 5.74) is 2.13. The first-order valence-corrected chi connectivity index (χ1v) is 8.03. The normalized spacial score (nSPS) is 12.5. The van der Waals surface area contributed by atoms with Crippen LogP contribution < -0.4 is 10.1 Å². The lowest BCUT2D eigenvalue weighted by atomic mass is 9.87. The van der Waals surface area contributed by atoms with Crippen LogP contribution in [0.5, 0.6) is 5.75 Å². The van der Waals surface area contributed by atoms with Crippen molar-refractivity contribution in [2.75, 3.05) is 5.32 Å². The average molecular weight is 311 g/mol. The topological polar surface area (TPSA) is 38.3 Å². The summed E-state index contributed by atoms with van der Waals surface area (Å²) in [6, 6.07) is 17.4. The molecule has 0 heterocycles. The Hall–Kier alpha value is -2.29. The Morgan fingerprint density at radius 2 is 1.65 bits per heavy atom. The zero-order chi connectivity index (χ0) is 16.9. The van der Waals surface area contributed by atoms with Crippen molar-refractivity contribution in [3.63, 3.8) is 0 Å². The molecule has 2 aromatic rings. The highest BCUT2D eigenvalue weighted by Gasteiger charge is 2.19. The van der Waals surface area contributed by atoms with Crippen LogP contribution in [0.25, 0.3) is 0 Å². The highest BCUT2D eigenvalue weighted by molar-refractivity contribution is 5.94. The molecule has 1 N–H and O–H groups in total. The number of benzene rings is 2. The molecule has 0 aromatic heterocycles. The number of hydrogen-bond acceptors (Lipinski definition) is 2. The maximum absolute atomic E-state index is 12.4. The van der Waals surface area contributed by atoms with E-state index in [0.717, 1.165) is 5.69 Å². The second kappa shape index (κ2) is 7.32. The van der Waals surface area contributed by atoms with Crippen LogP contribution in [0.3, 0.4) is 0 Å². The van der Waals surface area contributed by atoms with Crippen molar-refractivity contribution in [2.45, 2.75) is 45.6 Å². The summed E-state index contributed by atoms with van der Waals surface area (Å²) in [4.78, 5) is 12.4. The van der Waals surface area contributed by atoms with Gasteiger partial charge in [-0.2, -0.15) is 0 Å². The third-order valence-electron chi connectivity index (χ3n) is 3.70. The van der Waals surface area contributed by atoms with Crippen LogP contribution in [0, 0.1) is 0 Å². The fraction of sp³-hybridized carbons (Fsp3) is 0.350. The van der Waals surface area contributed by atoms with Gasteiger partial charge in [-0.15, -0.1) is 0 Å². The smallest absolute Gasteiger partial charge is 0.265 e. The molecule has 1 amide bonds. The van der Waals surface area contributed by atoms with Gasteiger partial charge < -0.3 is 10.1 Å². The Bertz CT molecular complexity index is 627. The summed E-state index contributed by atoms with van der Waals surface area (Å²) in [5, 5.41) is 2.93. The highest BCUT2D eigenvalue weighted by Crippen LogP contribution is 2.23. The standard InChI is InChI=1S/C20H25NO2/c1-5-18(23-17-9-7-6-8-10-17)19(22)21-16-13-11-15(12-14-16)20(2,3)4/h6-14,18H,5H2,1-4H3,(H,21,22)/t18-/m1/s1. The first-order valence-electron chi connectivity index (χ1n) is 8.03. The van der Waals surface area contributed by atoms with Crippen LogP contribution in [0.15, 0.2) is 54.6 Å². The first-order chi connectivity index (χ1) is 10.9. The summed E-state index contributed by atoms with van der Waals surface area (Å²) >= 11 is 0. The van der Waals surface area contributed by atoms with E-state index in [4.69, 9.17) is 4.74 Å². The molecule has 0 saturated carbocycles. The van der Waals surface area contributed by atoms with Crippen molar-refractivity contribution in [1.82, 2.24) is 0 Å². The molecule has 0 aliphatic carbocycles. The zero-order valence-electron chi connectivity index (χ0n) is 14.3. The second-order valence-electron chi connectivity index (χ2n) is 6.64. The van der Waals surface area contributed by atoms with Gasteiger partial charge in [0.2, 0.25) is 0 Å². The summed E-state index contributed by atoms with van der Waals surface area (Å²) in [6.45, 7) is 8.44. The molecule has 0 fully saturated rings. The molecule has 1 atom stereocenters. The minimum absolute atomic E-state index is 0.102. The predicted octanol–water partition coefficient (Wildman–Crippen LogP) is 4.78. The van der Waals surface area contributed by atoms with E-state index < -0.39 is 6.10 Å². The summed E-state index contributed by atoms with van der Waals surface area (Å²) in [6.07, 6.45) is 0.112. The minimum Gasteiger partial charge on any atom is -0.481 e.